The maximum atomic E-state index is 13.2. The van der Waals surface area contributed by atoms with Crippen LogP contribution in [0.3, 0.4) is 0 Å². The van der Waals surface area contributed by atoms with E-state index in [9.17, 15) is 4.79 Å². The largest absolute Gasteiger partial charge is 0.333 e. The van der Waals surface area contributed by atoms with E-state index in [4.69, 9.17) is 20.6 Å². The number of hydrogen-bond acceptors (Lipinski definition) is 4. The summed E-state index contributed by atoms with van der Waals surface area (Å²) in [5.74, 6) is -0.149. The average Bonchev–Trinajstić information content (AvgIpc) is 3.12. The number of hydrogen-bond donors (Lipinski definition) is 1. The summed E-state index contributed by atoms with van der Waals surface area (Å²) < 4.78 is 13.8. The molecule has 1 amide bonds. The van der Waals surface area contributed by atoms with Crippen LogP contribution in [0.2, 0.25) is 5.02 Å². The Balaban J connectivity index is 1.61. The highest BCUT2D eigenvalue weighted by atomic mass is 79.9. The Bertz CT molecular complexity index is 1050. The van der Waals surface area contributed by atoms with Crippen LogP contribution in [-0.4, -0.2) is 19.1 Å². The molecule has 2 heterocycles. The van der Waals surface area contributed by atoms with Gasteiger partial charge in [0.1, 0.15) is 5.66 Å². The molecule has 1 aliphatic rings. The van der Waals surface area contributed by atoms with Gasteiger partial charge in [-0.05, 0) is 64.7 Å². The molecule has 150 valence electrons. The highest BCUT2D eigenvalue weighted by molar-refractivity contribution is 9.10. The van der Waals surface area contributed by atoms with Crippen LogP contribution in [0, 0.1) is 0 Å². The normalized spacial score (nSPS) is 16.3. The van der Waals surface area contributed by atoms with Crippen molar-refractivity contribution in [3.63, 3.8) is 0 Å². The van der Waals surface area contributed by atoms with Crippen molar-refractivity contribution in [3.05, 3.63) is 74.7 Å². The second kappa shape index (κ2) is 9.69. The van der Waals surface area contributed by atoms with Gasteiger partial charge in [-0.15, -0.1) is 11.3 Å². The first kappa shape index (κ1) is 21.0. The summed E-state index contributed by atoms with van der Waals surface area (Å²) in [6, 6.07) is 13.6. The number of amides is 1. The first-order valence-electron chi connectivity index (χ1n) is 9.06. The van der Waals surface area contributed by atoms with Crippen LogP contribution in [0.4, 0.5) is 0 Å². The molecule has 1 unspecified atom stereocenters. The van der Waals surface area contributed by atoms with Crippen molar-refractivity contribution in [2.75, 3.05) is 13.2 Å². The number of nitrogens with one attached hydrogen (secondary N) is 1. The second-order valence-electron chi connectivity index (χ2n) is 6.44. The predicted octanol–water partition coefficient (Wildman–Crippen LogP) is 6.89. The van der Waals surface area contributed by atoms with Crippen LogP contribution in [0.15, 0.2) is 58.5 Å². The molecule has 1 atom stereocenters. The third-order valence-corrected chi connectivity index (χ3v) is 7.91. The molecule has 0 bridgehead atoms. The number of rotatable bonds is 5. The van der Waals surface area contributed by atoms with Crippen molar-refractivity contribution in [2.45, 2.75) is 12.1 Å². The van der Waals surface area contributed by atoms with Crippen LogP contribution < -0.4 is 5.32 Å². The van der Waals surface area contributed by atoms with Gasteiger partial charge < -0.3 is 14.4 Å². The van der Waals surface area contributed by atoms with Crippen LogP contribution in [0.5, 0.6) is 0 Å². The van der Waals surface area contributed by atoms with Crippen molar-refractivity contribution >= 4 is 69.3 Å². The van der Waals surface area contributed by atoms with Gasteiger partial charge >= 0.3 is 0 Å². The zero-order valence-corrected chi connectivity index (χ0v) is 19.4. The van der Waals surface area contributed by atoms with Gasteiger partial charge in [0, 0.05) is 20.4 Å². The van der Waals surface area contributed by atoms with Gasteiger partial charge in [-0.25, -0.2) is 0 Å². The topological polar surface area (TPSA) is 47.6 Å². The third-order valence-electron chi connectivity index (χ3n) is 4.40. The van der Waals surface area contributed by atoms with Gasteiger partial charge in [-0.1, -0.05) is 39.7 Å². The van der Waals surface area contributed by atoms with E-state index < -0.39 is 14.0 Å². The Morgan fingerprint density at radius 3 is 2.86 bits per heavy atom. The fraction of sp³-hybridized carbons (Fsp3) is 0.190. The van der Waals surface area contributed by atoms with Crippen molar-refractivity contribution in [1.82, 2.24) is 5.32 Å². The summed E-state index contributed by atoms with van der Waals surface area (Å²) in [5.41, 5.74) is 1.36. The lowest BCUT2D eigenvalue weighted by Crippen LogP contribution is -2.26. The molecule has 1 aliphatic heterocycles. The lowest BCUT2D eigenvalue weighted by Gasteiger charge is -2.28. The lowest BCUT2D eigenvalue weighted by molar-refractivity contribution is -0.120. The molecule has 1 fully saturated rings. The highest BCUT2D eigenvalue weighted by Gasteiger charge is 2.35. The number of benzene rings is 2. The smallest absolute Gasteiger partial charge is 0.240 e. The Hall–Kier alpha value is -1.27. The van der Waals surface area contributed by atoms with E-state index in [0.717, 1.165) is 32.1 Å². The number of halogens is 2. The minimum atomic E-state index is -1.37. The molecule has 1 N–H and O–H groups in total. The average molecular weight is 511 g/mol. The second-order valence-corrected chi connectivity index (χ2v) is 10.3. The summed E-state index contributed by atoms with van der Waals surface area (Å²) in [7, 11) is -1.37. The quantitative estimate of drug-likeness (QED) is 0.380. The van der Waals surface area contributed by atoms with E-state index in [0.29, 0.717) is 18.2 Å². The zero-order valence-electron chi connectivity index (χ0n) is 15.3. The van der Waals surface area contributed by atoms with E-state index >= 15 is 0 Å². The van der Waals surface area contributed by atoms with Crippen molar-refractivity contribution < 1.29 is 13.8 Å². The molecule has 4 nitrogen and oxygen atoms in total. The van der Waals surface area contributed by atoms with E-state index in [2.05, 4.69) is 21.2 Å². The molecule has 2 aromatic carbocycles. The Kier molecular flexibility index (Phi) is 7.01. The predicted molar refractivity (Wildman–Crippen MR) is 124 cm³/mol. The Morgan fingerprint density at radius 1 is 1.24 bits per heavy atom. The summed E-state index contributed by atoms with van der Waals surface area (Å²) in [4.78, 5) is 13.2. The van der Waals surface area contributed by atoms with Crippen molar-refractivity contribution in [3.8, 4) is 0 Å². The number of carbonyl (C=O) groups is 1. The van der Waals surface area contributed by atoms with Gasteiger partial charge in [0.2, 0.25) is 5.91 Å². The molecule has 8 heteroatoms. The van der Waals surface area contributed by atoms with Gasteiger partial charge in [0.25, 0.3) is 0 Å². The Labute approximate surface area is 187 Å². The van der Waals surface area contributed by atoms with Crippen LogP contribution >= 0.6 is 47.2 Å². The van der Waals surface area contributed by atoms with E-state index in [1.165, 1.54) is 0 Å². The molecule has 0 radical (unpaired) electrons. The van der Waals surface area contributed by atoms with Crippen molar-refractivity contribution in [2.24, 2.45) is 0 Å². The fourth-order valence-corrected chi connectivity index (χ4v) is 6.40. The molecule has 0 saturated carbocycles. The maximum Gasteiger partial charge on any atom is 0.240 e. The van der Waals surface area contributed by atoms with Crippen LogP contribution in [0.1, 0.15) is 23.2 Å². The molecule has 4 rings (SSSR count). The van der Waals surface area contributed by atoms with E-state index in [1.807, 2.05) is 53.9 Å². The van der Waals surface area contributed by atoms with Gasteiger partial charge in [-0.3, -0.25) is 4.79 Å². The summed E-state index contributed by atoms with van der Waals surface area (Å²) in [6.45, 7) is 1.21. The molecule has 0 spiro atoms. The number of carbonyl (C=O) groups excluding carboxylic acids is 1. The summed E-state index contributed by atoms with van der Waals surface area (Å²) in [5, 5.41) is 6.53. The monoisotopic (exact) mass is 509 g/mol. The van der Waals surface area contributed by atoms with Crippen LogP contribution in [-0.2, 0) is 13.8 Å². The van der Waals surface area contributed by atoms with E-state index in [1.54, 1.807) is 17.5 Å². The first-order chi connectivity index (χ1) is 14.1. The number of fused-ring (bicyclic) bond motifs is 1. The number of thiophene rings is 1. The standard InChI is InChI=1S/C21H18BrClNO3PS/c22-15-4-1-3-14(11-15)7-8-24-21(25)20(28-26-9-2-10-27-28)18-13-29-19-6-5-16(23)12-17(18)19/h1,3-8,11-13,20H,2,9-10H2,(H,24,25). The van der Waals surface area contributed by atoms with Crippen molar-refractivity contribution in [1.29, 1.82) is 0 Å². The molecule has 1 saturated heterocycles. The third kappa shape index (κ3) is 5.08. The Morgan fingerprint density at radius 2 is 2.07 bits per heavy atom. The lowest BCUT2D eigenvalue weighted by atomic mass is 10.1. The molecule has 1 aromatic heterocycles. The molecule has 0 aliphatic carbocycles. The van der Waals surface area contributed by atoms with Gasteiger partial charge in [0.05, 0.1) is 13.2 Å². The SMILES string of the molecule is O=C(NC=Cc1cccc(Br)c1)C(c1csc2ccc(Cl)cc12)P1OCCCO1. The minimum absolute atomic E-state index is 0.149. The zero-order chi connectivity index (χ0) is 20.2. The maximum absolute atomic E-state index is 13.2. The van der Waals surface area contributed by atoms with Gasteiger partial charge in [-0.2, -0.15) is 0 Å². The first-order valence-corrected chi connectivity index (χ1v) is 12.4. The highest BCUT2D eigenvalue weighted by Crippen LogP contribution is 2.56. The van der Waals surface area contributed by atoms with Crippen LogP contribution in [0.25, 0.3) is 16.2 Å². The molecule has 3 aromatic rings. The molecular weight excluding hydrogens is 493 g/mol. The fourth-order valence-electron chi connectivity index (χ4n) is 3.05. The van der Waals surface area contributed by atoms with E-state index in [-0.39, 0.29) is 5.91 Å². The summed E-state index contributed by atoms with van der Waals surface area (Å²) in [6.07, 6.45) is 4.36. The molecule has 29 heavy (non-hydrogen) atoms. The van der Waals surface area contributed by atoms with Gasteiger partial charge in [0.15, 0.2) is 8.38 Å². The summed E-state index contributed by atoms with van der Waals surface area (Å²) >= 11 is 11.3. The minimum Gasteiger partial charge on any atom is -0.333 e. The molecular formula is C21H18BrClNO3PS.